The van der Waals surface area contributed by atoms with E-state index in [4.69, 9.17) is 0 Å². The highest BCUT2D eigenvalue weighted by molar-refractivity contribution is 5.89. The SMILES string of the molecule is Cc1nn([C@@H](C)CC(=O)N2CCNC(=O)[C@H]2Cc2ccc(-c3ccccc3)cc2)c(C)c1C. The lowest BCUT2D eigenvalue weighted by Crippen LogP contribution is -2.58. The molecule has 0 aliphatic carbocycles. The highest BCUT2D eigenvalue weighted by Gasteiger charge is 2.34. The number of benzene rings is 2. The van der Waals surface area contributed by atoms with Gasteiger partial charge in [-0.15, -0.1) is 0 Å². The average Bonchev–Trinajstić information content (AvgIpc) is 3.08. The third-order valence-corrected chi connectivity index (χ3v) is 6.72. The molecule has 1 aromatic heterocycles. The molecule has 2 amide bonds. The van der Waals surface area contributed by atoms with E-state index in [-0.39, 0.29) is 17.9 Å². The van der Waals surface area contributed by atoms with Gasteiger partial charge in [-0.05, 0) is 49.9 Å². The molecule has 2 aromatic carbocycles. The third-order valence-electron chi connectivity index (χ3n) is 6.72. The summed E-state index contributed by atoms with van der Waals surface area (Å²) in [6, 6.07) is 17.9. The molecule has 1 aliphatic heterocycles. The topological polar surface area (TPSA) is 67.2 Å². The second kappa shape index (κ2) is 9.61. The Labute approximate surface area is 195 Å². The summed E-state index contributed by atoms with van der Waals surface area (Å²) < 4.78 is 1.93. The van der Waals surface area contributed by atoms with Gasteiger partial charge in [-0.2, -0.15) is 5.10 Å². The Morgan fingerprint density at radius 2 is 1.73 bits per heavy atom. The molecule has 0 bridgehead atoms. The van der Waals surface area contributed by atoms with E-state index in [0.29, 0.717) is 25.9 Å². The molecule has 1 saturated heterocycles. The molecule has 3 aromatic rings. The molecular formula is C27H32N4O2. The summed E-state index contributed by atoms with van der Waals surface area (Å²) in [7, 11) is 0. The van der Waals surface area contributed by atoms with Crippen molar-refractivity contribution in [3.63, 3.8) is 0 Å². The van der Waals surface area contributed by atoms with Gasteiger partial charge in [-0.3, -0.25) is 14.3 Å². The molecule has 172 valence electrons. The van der Waals surface area contributed by atoms with Crippen LogP contribution in [0.25, 0.3) is 11.1 Å². The van der Waals surface area contributed by atoms with E-state index >= 15 is 0 Å². The second-order valence-electron chi connectivity index (χ2n) is 8.95. The average molecular weight is 445 g/mol. The van der Waals surface area contributed by atoms with E-state index in [0.717, 1.165) is 33.6 Å². The van der Waals surface area contributed by atoms with Gasteiger partial charge >= 0.3 is 0 Å². The number of amides is 2. The Balaban J connectivity index is 1.47. The Bertz CT molecular complexity index is 1130. The smallest absolute Gasteiger partial charge is 0.243 e. The molecular weight excluding hydrogens is 412 g/mol. The van der Waals surface area contributed by atoms with Crippen LogP contribution in [0.2, 0.25) is 0 Å². The van der Waals surface area contributed by atoms with Gasteiger partial charge in [0.1, 0.15) is 6.04 Å². The lowest BCUT2D eigenvalue weighted by molar-refractivity contribution is -0.143. The molecule has 2 heterocycles. The minimum atomic E-state index is -0.497. The maximum absolute atomic E-state index is 13.3. The maximum Gasteiger partial charge on any atom is 0.243 e. The number of aromatic nitrogens is 2. The quantitative estimate of drug-likeness (QED) is 0.625. The van der Waals surface area contributed by atoms with Crippen molar-refractivity contribution in [2.75, 3.05) is 13.1 Å². The van der Waals surface area contributed by atoms with Crippen LogP contribution in [0.5, 0.6) is 0 Å². The number of nitrogens with one attached hydrogen (secondary N) is 1. The normalized spacial score (nSPS) is 17.0. The number of rotatable bonds is 6. The molecule has 1 N–H and O–H groups in total. The monoisotopic (exact) mass is 444 g/mol. The van der Waals surface area contributed by atoms with E-state index in [1.807, 2.05) is 55.8 Å². The Morgan fingerprint density at radius 1 is 1.06 bits per heavy atom. The fraction of sp³-hybridized carbons (Fsp3) is 0.370. The number of nitrogens with zero attached hydrogens (tertiary/aromatic N) is 3. The molecule has 2 atom stereocenters. The van der Waals surface area contributed by atoms with Crippen molar-refractivity contribution in [3.8, 4) is 11.1 Å². The lowest BCUT2D eigenvalue weighted by atomic mass is 9.98. The van der Waals surface area contributed by atoms with Gasteiger partial charge in [0.2, 0.25) is 11.8 Å². The van der Waals surface area contributed by atoms with Gasteiger partial charge in [-0.1, -0.05) is 54.6 Å². The predicted octanol–water partition coefficient (Wildman–Crippen LogP) is 4.00. The first kappa shape index (κ1) is 22.8. The van der Waals surface area contributed by atoms with E-state index in [1.54, 1.807) is 4.90 Å². The molecule has 0 spiro atoms. The van der Waals surface area contributed by atoms with Crippen LogP contribution in [0, 0.1) is 20.8 Å². The standard InChI is InChI=1S/C27H32N4O2/c1-18(31-21(4)19(2)20(3)29-31)16-26(32)30-15-14-28-27(33)25(30)17-22-10-12-24(13-11-22)23-8-6-5-7-9-23/h5-13,18,25H,14-17H2,1-4H3,(H,28,33)/t18-,25+/m0/s1. The molecule has 33 heavy (non-hydrogen) atoms. The number of aryl methyl sites for hydroxylation is 1. The first-order chi connectivity index (χ1) is 15.8. The zero-order valence-corrected chi connectivity index (χ0v) is 19.8. The van der Waals surface area contributed by atoms with Crippen molar-refractivity contribution >= 4 is 11.8 Å². The highest BCUT2D eigenvalue weighted by Crippen LogP contribution is 2.23. The lowest BCUT2D eigenvalue weighted by Gasteiger charge is -2.36. The largest absolute Gasteiger partial charge is 0.353 e. The Hall–Kier alpha value is -3.41. The summed E-state index contributed by atoms with van der Waals surface area (Å²) in [4.78, 5) is 27.8. The summed E-state index contributed by atoms with van der Waals surface area (Å²) in [6.07, 6.45) is 0.818. The van der Waals surface area contributed by atoms with E-state index in [9.17, 15) is 9.59 Å². The van der Waals surface area contributed by atoms with Crippen LogP contribution < -0.4 is 5.32 Å². The number of carbonyl (C=O) groups is 2. The second-order valence-corrected chi connectivity index (χ2v) is 8.95. The number of hydrogen-bond acceptors (Lipinski definition) is 3. The van der Waals surface area contributed by atoms with E-state index < -0.39 is 6.04 Å². The van der Waals surface area contributed by atoms with Crippen LogP contribution in [0.3, 0.4) is 0 Å². The number of hydrogen-bond donors (Lipinski definition) is 1. The van der Waals surface area contributed by atoms with Gasteiger partial charge in [0, 0.05) is 31.6 Å². The summed E-state index contributed by atoms with van der Waals surface area (Å²) in [5, 5.41) is 7.54. The van der Waals surface area contributed by atoms with Crippen molar-refractivity contribution in [1.29, 1.82) is 0 Å². The van der Waals surface area contributed by atoms with E-state index in [2.05, 4.69) is 41.6 Å². The zero-order chi connectivity index (χ0) is 23.5. The van der Waals surface area contributed by atoms with Gasteiger partial charge in [0.05, 0.1) is 11.7 Å². The van der Waals surface area contributed by atoms with Crippen molar-refractivity contribution < 1.29 is 9.59 Å². The van der Waals surface area contributed by atoms with Crippen molar-refractivity contribution in [2.45, 2.75) is 52.6 Å². The zero-order valence-electron chi connectivity index (χ0n) is 19.8. The van der Waals surface area contributed by atoms with Crippen molar-refractivity contribution in [2.24, 2.45) is 0 Å². The Kier molecular flexibility index (Phi) is 6.63. The Morgan fingerprint density at radius 3 is 2.36 bits per heavy atom. The molecule has 6 nitrogen and oxygen atoms in total. The third kappa shape index (κ3) is 4.85. The molecule has 0 unspecified atom stereocenters. The van der Waals surface area contributed by atoms with Crippen LogP contribution in [-0.4, -0.2) is 45.6 Å². The fourth-order valence-corrected chi connectivity index (χ4v) is 4.53. The first-order valence-electron chi connectivity index (χ1n) is 11.6. The summed E-state index contributed by atoms with van der Waals surface area (Å²) in [5.41, 5.74) is 6.56. The minimum Gasteiger partial charge on any atom is -0.353 e. The first-order valence-corrected chi connectivity index (χ1v) is 11.6. The van der Waals surface area contributed by atoms with Crippen LogP contribution in [0.4, 0.5) is 0 Å². The summed E-state index contributed by atoms with van der Waals surface area (Å²) in [6.45, 7) is 9.10. The van der Waals surface area contributed by atoms with Crippen molar-refractivity contribution in [3.05, 3.63) is 77.1 Å². The van der Waals surface area contributed by atoms with Crippen LogP contribution in [0.15, 0.2) is 54.6 Å². The molecule has 0 radical (unpaired) electrons. The van der Waals surface area contributed by atoms with Gasteiger partial charge in [0.15, 0.2) is 0 Å². The minimum absolute atomic E-state index is 0.00605. The van der Waals surface area contributed by atoms with Crippen LogP contribution in [-0.2, 0) is 16.0 Å². The van der Waals surface area contributed by atoms with Gasteiger partial charge in [0.25, 0.3) is 0 Å². The molecule has 6 heteroatoms. The number of carbonyl (C=O) groups excluding carboxylic acids is 2. The number of piperazine rings is 1. The molecule has 4 rings (SSSR count). The molecule has 1 aliphatic rings. The van der Waals surface area contributed by atoms with E-state index in [1.165, 1.54) is 0 Å². The molecule has 1 fully saturated rings. The summed E-state index contributed by atoms with van der Waals surface area (Å²) >= 11 is 0. The predicted molar refractivity (Wildman–Crippen MR) is 130 cm³/mol. The molecule has 0 saturated carbocycles. The van der Waals surface area contributed by atoms with Gasteiger partial charge in [-0.25, -0.2) is 0 Å². The fourth-order valence-electron chi connectivity index (χ4n) is 4.53. The van der Waals surface area contributed by atoms with Gasteiger partial charge < -0.3 is 10.2 Å². The van der Waals surface area contributed by atoms with Crippen LogP contribution in [0.1, 0.15) is 41.9 Å². The van der Waals surface area contributed by atoms with Crippen LogP contribution >= 0.6 is 0 Å². The highest BCUT2D eigenvalue weighted by atomic mass is 16.2. The summed E-state index contributed by atoms with van der Waals surface area (Å²) in [5.74, 6) is -0.0928. The maximum atomic E-state index is 13.3. The van der Waals surface area contributed by atoms with Crippen molar-refractivity contribution in [1.82, 2.24) is 20.0 Å².